The summed E-state index contributed by atoms with van der Waals surface area (Å²) < 4.78 is 11.5. The van der Waals surface area contributed by atoms with Crippen molar-refractivity contribution in [3.63, 3.8) is 0 Å². The predicted molar refractivity (Wildman–Crippen MR) is 272 cm³/mol. The van der Waals surface area contributed by atoms with Gasteiger partial charge in [0.05, 0.1) is 27.8 Å². The van der Waals surface area contributed by atoms with Crippen LogP contribution in [0.4, 0.5) is 0 Å². The van der Waals surface area contributed by atoms with Gasteiger partial charge in [-0.1, -0.05) is 188 Å². The molecule has 0 bridgehead atoms. The third-order valence-electron chi connectivity index (χ3n) is 13.3. The van der Waals surface area contributed by atoms with Gasteiger partial charge in [-0.2, -0.15) is 4.98 Å². The minimum atomic E-state index is -3.15. The topological polar surface area (TPSA) is 48.8 Å². The van der Waals surface area contributed by atoms with E-state index in [-0.39, 0.29) is 0 Å². The van der Waals surface area contributed by atoms with Crippen LogP contribution >= 0.6 is 0 Å². The molecule has 0 fully saturated rings. The molecule has 0 radical (unpaired) electrons. The molecule has 0 unspecified atom stereocenters. The van der Waals surface area contributed by atoms with Gasteiger partial charge >= 0.3 is 0 Å². The van der Waals surface area contributed by atoms with Gasteiger partial charge in [-0.25, -0.2) is 4.98 Å². The summed E-state index contributed by atoms with van der Waals surface area (Å²) in [7, 11) is -3.15. The van der Waals surface area contributed by atoms with Gasteiger partial charge in [0.15, 0.2) is 8.07 Å². The molecule has 0 aliphatic rings. The lowest BCUT2D eigenvalue weighted by Gasteiger charge is -2.35. The highest BCUT2D eigenvalue weighted by molar-refractivity contribution is 7.20. The molecule has 0 atom stereocenters. The number of furan rings is 1. The molecule has 9 aromatic carbocycles. The number of aryl methyl sites for hydroxylation is 1. The minimum absolute atomic E-state index is 0.611. The molecule has 0 amide bonds. The summed E-state index contributed by atoms with van der Waals surface area (Å²) in [5.41, 5.74) is 9.16. The van der Waals surface area contributed by atoms with E-state index in [0.717, 1.165) is 71.9 Å². The van der Waals surface area contributed by atoms with Crippen LogP contribution in [-0.2, 0) is 0 Å². The lowest BCUT2D eigenvalue weighted by atomic mass is 10.1. The SMILES string of the molecule is Cc1cc([Si](c2ccccc2)(c2ccccc2)c2cccc(-c3cc(-n4c5ccccc5c5ccccc54)nc(-n4c5ccccc5c5ccccc54)n3)c2)c2oc3ccccc3c2c1. The van der Waals surface area contributed by atoms with Gasteiger partial charge in [0, 0.05) is 43.9 Å². The van der Waals surface area contributed by atoms with Crippen LogP contribution in [0.15, 0.2) is 229 Å². The van der Waals surface area contributed by atoms with Crippen molar-refractivity contribution in [2.45, 2.75) is 6.92 Å². The molecule has 4 heterocycles. The normalized spacial score (nSPS) is 12.1. The van der Waals surface area contributed by atoms with Gasteiger partial charge in [-0.3, -0.25) is 9.13 Å². The first kappa shape index (κ1) is 37.3. The van der Waals surface area contributed by atoms with Gasteiger partial charge in [-0.05, 0) is 64.1 Å². The predicted octanol–water partition coefficient (Wildman–Crippen LogP) is 11.9. The van der Waals surface area contributed by atoms with Crippen molar-refractivity contribution in [2.75, 3.05) is 0 Å². The molecule has 13 aromatic rings. The van der Waals surface area contributed by atoms with E-state index >= 15 is 0 Å². The van der Waals surface area contributed by atoms with Gasteiger partial charge < -0.3 is 4.42 Å². The van der Waals surface area contributed by atoms with Crippen LogP contribution in [0.2, 0.25) is 0 Å². The Morgan fingerprint density at radius 1 is 0.400 bits per heavy atom. The Morgan fingerprint density at radius 3 is 1.48 bits per heavy atom. The summed E-state index contributed by atoms with van der Waals surface area (Å²) in [6.07, 6.45) is 0. The Hall–Kier alpha value is -8.32. The summed E-state index contributed by atoms with van der Waals surface area (Å²) in [4.78, 5) is 11.1. The maximum atomic E-state index is 6.99. The van der Waals surface area contributed by atoms with E-state index in [2.05, 4.69) is 241 Å². The van der Waals surface area contributed by atoms with E-state index < -0.39 is 8.07 Å². The third-order valence-corrected chi connectivity index (χ3v) is 18.1. The van der Waals surface area contributed by atoms with Crippen LogP contribution < -0.4 is 20.7 Å². The van der Waals surface area contributed by atoms with Gasteiger partial charge in [0.2, 0.25) is 5.95 Å². The fourth-order valence-electron chi connectivity index (χ4n) is 10.6. The monoisotopic (exact) mass is 848 g/mol. The van der Waals surface area contributed by atoms with Crippen LogP contribution in [-0.4, -0.2) is 27.2 Å². The van der Waals surface area contributed by atoms with E-state index in [1.165, 1.54) is 37.1 Å². The molecule has 6 heteroatoms. The quantitative estimate of drug-likeness (QED) is 0.119. The second kappa shape index (κ2) is 14.6. The van der Waals surface area contributed by atoms with Gasteiger partial charge in [-0.15, -0.1) is 0 Å². The molecule has 13 rings (SSSR count). The first-order valence-corrected chi connectivity index (χ1v) is 24.2. The zero-order chi connectivity index (χ0) is 43.1. The minimum Gasteiger partial charge on any atom is -0.456 e. The van der Waals surface area contributed by atoms with Crippen molar-refractivity contribution in [3.05, 3.63) is 230 Å². The zero-order valence-electron chi connectivity index (χ0n) is 35.6. The second-order valence-corrected chi connectivity index (χ2v) is 20.8. The number of nitrogens with zero attached hydrogens (tertiary/aromatic N) is 4. The summed E-state index contributed by atoms with van der Waals surface area (Å²) in [5, 5.41) is 11.9. The van der Waals surface area contributed by atoms with Crippen molar-refractivity contribution in [1.29, 1.82) is 0 Å². The molecule has 4 aromatic heterocycles. The Morgan fingerprint density at radius 2 is 0.892 bits per heavy atom. The summed E-state index contributed by atoms with van der Waals surface area (Å²) >= 11 is 0. The number of hydrogen-bond acceptors (Lipinski definition) is 3. The standard InChI is InChI=1S/C59H40N4OSi/c1-39-35-49-48-29-12-17-34-55(48)64-58(49)56(36-39)65(41-20-4-2-5-21-41,42-22-6-3-7-23-42)43-24-18-19-40(37-43)50-38-57(62-51-30-13-8-25-44(51)45-26-9-14-31-52(45)62)61-59(60-50)63-53-32-15-10-27-46(53)47-28-11-16-33-54(47)63/h2-38H,1H3. The number of hydrogen-bond donors (Lipinski definition) is 0. The van der Waals surface area contributed by atoms with E-state index in [9.17, 15) is 0 Å². The first-order valence-electron chi connectivity index (χ1n) is 22.2. The second-order valence-electron chi connectivity index (χ2n) is 17.0. The average molecular weight is 849 g/mol. The van der Waals surface area contributed by atoms with E-state index in [0.29, 0.717) is 5.95 Å². The molecule has 0 aliphatic carbocycles. The number of benzene rings is 9. The van der Waals surface area contributed by atoms with Crippen molar-refractivity contribution in [2.24, 2.45) is 0 Å². The van der Waals surface area contributed by atoms with Crippen molar-refractivity contribution < 1.29 is 4.42 Å². The Labute approximate surface area is 376 Å². The van der Waals surface area contributed by atoms with Crippen LogP contribution in [0.25, 0.3) is 88.6 Å². The van der Waals surface area contributed by atoms with E-state index in [1.807, 2.05) is 0 Å². The highest BCUT2D eigenvalue weighted by Crippen LogP contribution is 2.36. The average Bonchev–Trinajstić information content (AvgIpc) is 4.03. The smallest absolute Gasteiger partial charge is 0.237 e. The van der Waals surface area contributed by atoms with Gasteiger partial charge in [0.25, 0.3) is 0 Å². The summed E-state index contributed by atoms with van der Waals surface area (Å²) in [5.74, 6) is 1.41. The lowest BCUT2D eigenvalue weighted by molar-refractivity contribution is 0.671. The number of rotatable bonds is 7. The van der Waals surface area contributed by atoms with E-state index in [1.54, 1.807) is 0 Å². The summed E-state index contributed by atoms with van der Waals surface area (Å²) in [6.45, 7) is 2.21. The van der Waals surface area contributed by atoms with E-state index in [4.69, 9.17) is 14.4 Å². The van der Waals surface area contributed by atoms with Crippen molar-refractivity contribution in [1.82, 2.24) is 19.1 Å². The van der Waals surface area contributed by atoms with Crippen molar-refractivity contribution in [3.8, 4) is 23.0 Å². The zero-order valence-corrected chi connectivity index (χ0v) is 36.6. The third kappa shape index (κ3) is 5.64. The highest BCUT2D eigenvalue weighted by Gasteiger charge is 2.44. The molecule has 0 N–H and O–H groups in total. The molecule has 0 aliphatic heterocycles. The molecule has 5 nitrogen and oxygen atoms in total. The Balaban J connectivity index is 1.13. The maximum absolute atomic E-state index is 6.99. The molecule has 65 heavy (non-hydrogen) atoms. The Kier molecular flexibility index (Phi) is 8.38. The molecule has 0 saturated heterocycles. The number of para-hydroxylation sites is 5. The fourth-order valence-corrected chi connectivity index (χ4v) is 15.6. The van der Waals surface area contributed by atoms with Crippen LogP contribution in [0.3, 0.4) is 0 Å². The first-order chi connectivity index (χ1) is 32.1. The molecule has 306 valence electrons. The van der Waals surface area contributed by atoms with Crippen molar-refractivity contribution >= 4 is 94.4 Å². The molecular weight excluding hydrogens is 809 g/mol. The Bertz CT molecular complexity index is 3700. The highest BCUT2D eigenvalue weighted by atomic mass is 28.3. The number of fused-ring (bicyclic) bond motifs is 9. The fraction of sp³-hybridized carbons (Fsp3) is 0.0169. The summed E-state index contributed by atoms with van der Waals surface area (Å²) in [6, 6.07) is 81.0. The lowest BCUT2D eigenvalue weighted by Crippen LogP contribution is -2.75. The maximum Gasteiger partial charge on any atom is 0.237 e. The molecular formula is C59H40N4OSi. The number of aromatic nitrogens is 4. The van der Waals surface area contributed by atoms with Crippen LogP contribution in [0, 0.1) is 6.92 Å². The molecule has 0 spiro atoms. The largest absolute Gasteiger partial charge is 0.456 e. The van der Waals surface area contributed by atoms with Crippen LogP contribution in [0.1, 0.15) is 5.56 Å². The van der Waals surface area contributed by atoms with Gasteiger partial charge in [0.1, 0.15) is 17.0 Å². The van der Waals surface area contributed by atoms with Crippen LogP contribution in [0.5, 0.6) is 0 Å². The molecule has 0 saturated carbocycles.